The van der Waals surface area contributed by atoms with Gasteiger partial charge in [-0.3, -0.25) is 4.90 Å². The first-order valence-electron chi connectivity index (χ1n) is 7.19. The molecule has 1 fully saturated rings. The molecule has 1 unspecified atom stereocenters. The molecule has 3 nitrogen and oxygen atoms in total. The highest BCUT2D eigenvalue weighted by molar-refractivity contribution is 5.21. The van der Waals surface area contributed by atoms with Gasteiger partial charge in [0.1, 0.15) is 11.6 Å². The normalized spacial score (nSPS) is 16.6. The zero-order valence-electron chi connectivity index (χ0n) is 11.8. The van der Waals surface area contributed by atoms with E-state index in [1.165, 1.54) is 12.8 Å². The maximum Gasteiger partial charge on any atom is 0.129 e. The fourth-order valence-electron chi connectivity index (χ4n) is 2.38. The fourth-order valence-corrected chi connectivity index (χ4v) is 2.38. The van der Waals surface area contributed by atoms with Crippen LogP contribution < -0.4 is 5.32 Å². The van der Waals surface area contributed by atoms with Crippen LogP contribution in [0.2, 0.25) is 0 Å². The lowest BCUT2D eigenvalue weighted by Gasteiger charge is -2.20. The molecule has 2 rings (SSSR count). The van der Waals surface area contributed by atoms with Gasteiger partial charge in [-0.15, -0.1) is 0 Å². The molecular weight excluding hydrogens is 262 g/mol. The second-order valence-corrected chi connectivity index (χ2v) is 5.25. The van der Waals surface area contributed by atoms with Crippen LogP contribution in [-0.2, 0) is 0 Å². The molecule has 0 aliphatic heterocycles. The van der Waals surface area contributed by atoms with Gasteiger partial charge in [-0.2, -0.15) is 0 Å². The molecule has 1 saturated carbocycles. The van der Waals surface area contributed by atoms with E-state index in [2.05, 4.69) is 17.1 Å². The van der Waals surface area contributed by atoms with E-state index in [0.717, 1.165) is 37.8 Å². The monoisotopic (exact) mass is 284 g/mol. The molecule has 1 aliphatic rings. The minimum absolute atomic E-state index is 0.00652. The molecule has 112 valence electrons. The largest absolute Gasteiger partial charge is 0.387 e. The first-order chi connectivity index (χ1) is 9.61. The summed E-state index contributed by atoms with van der Waals surface area (Å²) >= 11 is 0. The van der Waals surface area contributed by atoms with E-state index in [1.54, 1.807) is 0 Å². The number of likely N-dealkylation sites (N-methyl/N-ethyl adjacent to an activating group) is 1. The molecule has 1 aromatic rings. The lowest BCUT2D eigenvalue weighted by molar-refractivity contribution is 0.167. The number of nitrogens with one attached hydrogen (secondary N) is 1. The van der Waals surface area contributed by atoms with Crippen molar-refractivity contribution in [3.8, 4) is 0 Å². The van der Waals surface area contributed by atoms with Crippen LogP contribution in [0.15, 0.2) is 18.2 Å². The molecule has 0 radical (unpaired) electrons. The minimum atomic E-state index is -1.03. The van der Waals surface area contributed by atoms with Crippen LogP contribution in [0.25, 0.3) is 0 Å². The van der Waals surface area contributed by atoms with Crippen molar-refractivity contribution < 1.29 is 13.9 Å². The summed E-state index contributed by atoms with van der Waals surface area (Å²) in [6.45, 7) is 5.03. The third-order valence-corrected chi connectivity index (χ3v) is 3.70. The first-order valence-corrected chi connectivity index (χ1v) is 7.19. The number of nitrogens with zero attached hydrogens (tertiary/aromatic N) is 1. The van der Waals surface area contributed by atoms with Crippen molar-refractivity contribution >= 4 is 0 Å². The Morgan fingerprint density at radius 1 is 1.40 bits per heavy atom. The molecule has 0 heterocycles. The highest BCUT2D eigenvalue weighted by Crippen LogP contribution is 2.25. The van der Waals surface area contributed by atoms with E-state index >= 15 is 0 Å². The van der Waals surface area contributed by atoms with Gasteiger partial charge in [0.15, 0.2) is 0 Å². The van der Waals surface area contributed by atoms with Crippen molar-refractivity contribution in [2.75, 3.05) is 26.2 Å². The molecule has 0 amide bonds. The Kier molecular flexibility index (Phi) is 5.46. The number of hydrogen-bond acceptors (Lipinski definition) is 3. The summed E-state index contributed by atoms with van der Waals surface area (Å²) in [5.41, 5.74) is 0.00652. The van der Waals surface area contributed by atoms with Crippen molar-refractivity contribution in [1.29, 1.82) is 0 Å². The van der Waals surface area contributed by atoms with Gasteiger partial charge in [-0.05, 0) is 37.6 Å². The quantitative estimate of drug-likeness (QED) is 0.717. The molecule has 0 saturated heterocycles. The SMILES string of the molecule is CCN(CCNCC(O)c1cc(F)ccc1F)C1CC1. The zero-order chi connectivity index (χ0) is 14.5. The summed E-state index contributed by atoms with van der Waals surface area (Å²) in [6, 6.07) is 3.85. The minimum Gasteiger partial charge on any atom is -0.387 e. The van der Waals surface area contributed by atoms with Gasteiger partial charge in [0.2, 0.25) is 0 Å². The Bertz CT molecular complexity index is 438. The van der Waals surface area contributed by atoms with Crippen molar-refractivity contribution in [3.05, 3.63) is 35.4 Å². The predicted octanol–water partition coefficient (Wildman–Crippen LogP) is 2.07. The lowest BCUT2D eigenvalue weighted by Crippen LogP contribution is -2.35. The molecule has 1 aromatic carbocycles. The average molecular weight is 284 g/mol. The third kappa shape index (κ3) is 4.23. The van der Waals surface area contributed by atoms with Crippen molar-refractivity contribution in [2.45, 2.75) is 31.9 Å². The molecule has 0 aromatic heterocycles. The maximum absolute atomic E-state index is 13.5. The third-order valence-electron chi connectivity index (χ3n) is 3.70. The summed E-state index contributed by atoms with van der Waals surface area (Å²) in [7, 11) is 0. The predicted molar refractivity (Wildman–Crippen MR) is 74.5 cm³/mol. The van der Waals surface area contributed by atoms with Crippen LogP contribution in [0, 0.1) is 11.6 Å². The lowest BCUT2D eigenvalue weighted by atomic mass is 10.1. The van der Waals surface area contributed by atoms with Gasteiger partial charge in [0.25, 0.3) is 0 Å². The van der Waals surface area contributed by atoms with Crippen LogP contribution >= 0.6 is 0 Å². The second kappa shape index (κ2) is 7.11. The van der Waals surface area contributed by atoms with Crippen molar-refractivity contribution in [3.63, 3.8) is 0 Å². The molecule has 5 heteroatoms. The molecule has 2 N–H and O–H groups in total. The molecule has 20 heavy (non-hydrogen) atoms. The Hall–Kier alpha value is -1.04. The Labute approximate surface area is 118 Å². The number of halogens is 2. The molecule has 1 aliphatic carbocycles. The van der Waals surface area contributed by atoms with E-state index in [0.29, 0.717) is 6.04 Å². The average Bonchev–Trinajstić information content (AvgIpc) is 3.26. The van der Waals surface area contributed by atoms with Crippen LogP contribution in [-0.4, -0.2) is 42.2 Å². The number of hydrogen-bond donors (Lipinski definition) is 2. The summed E-state index contributed by atoms with van der Waals surface area (Å²) in [4.78, 5) is 2.39. The summed E-state index contributed by atoms with van der Waals surface area (Å²) in [5.74, 6) is -1.11. The van der Waals surface area contributed by atoms with E-state index in [9.17, 15) is 13.9 Å². The molecular formula is C15H22F2N2O. The number of aliphatic hydroxyl groups excluding tert-OH is 1. The van der Waals surface area contributed by atoms with Crippen LogP contribution in [0.3, 0.4) is 0 Å². The van der Waals surface area contributed by atoms with Gasteiger partial charge < -0.3 is 10.4 Å². The number of benzene rings is 1. The van der Waals surface area contributed by atoms with Gasteiger partial charge in [-0.1, -0.05) is 6.92 Å². The van der Waals surface area contributed by atoms with Crippen LogP contribution in [0.4, 0.5) is 8.78 Å². The van der Waals surface area contributed by atoms with E-state index in [1.807, 2.05) is 0 Å². The topological polar surface area (TPSA) is 35.5 Å². The van der Waals surface area contributed by atoms with Gasteiger partial charge in [-0.25, -0.2) is 8.78 Å². The van der Waals surface area contributed by atoms with Gasteiger partial charge in [0.05, 0.1) is 6.10 Å². The fraction of sp³-hybridized carbons (Fsp3) is 0.600. The smallest absolute Gasteiger partial charge is 0.129 e. The second-order valence-electron chi connectivity index (χ2n) is 5.25. The Balaban J connectivity index is 1.74. The van der Waals surface area contributed by atoms with E-state index in [-0.39, 0.29) is 12.1 Å². The maximum atomic E-state index is 13.5. The standard InChI is InChI=1S/C15H22F2N2O/c1-2-19(12-4-5-12)8-7-18-10-15(20)13-9-11(16)3-6-14(13)17/h3,6,9,12,15,18,20H,2,4-5,7-8,10H2,1H3. The van der Waals surface area contributed by atoms with E-state index < -0.39 is 17.7 Å². The van der Waals surface area contributed by atoms with Gasteiger partial charge in [0, 0.05) is 31.2 Å². The Morgan fingerprint density at radius 2 is 2.15 bits per heavy atom. The zero-order valence-corrected chi connectivity index (χ0v) is 11.8. The molecule has 0 spiro atoms. The molecule has 1 atom stereocenters. The summed E-state index contributed by atoms with van der Waals surface area (Å²) in [6.07, 6.45) is 1.51. The first kappa shape index (κ1) is 15.4. The highest BCUT2D eigenvalue weighted by atomic mass is 19.1. The highest BCUT2D eigenvalue weighted by Gasteiger charge is 2.27. The molecule has 0 bridgehead atoms. The number of rotatable bonds is 8. The van der Waals surface area contributed by atoms with Crippen molar-refractivity contribution in [1.82, 2.24) is 10.2 Å². The van der Waals surface area contributed by atoms with Gasteiger partial charge >= 0.3 is 0 Å². The van der Waals surface area contributed by atoms with E-state index in [4.69, 9.17) is 0 Å². The summed E-state index contributed by atoms with van der Waals surface area (Å²) in [5, 5.41) is 13.0. The number of aliphatic hydroxyl groups is 1. The van der Waals surface area contributed by atoms with Crippen molar-refractivity contribution in [2.24, 2.45) is 0 Å². The summed E-state index contributed by atoms with van der Waals surface area (Å²) < 4.78 is 26.5. The Morgan fingerprint density at radius 3 is 2.80 bits per heavy atom. The van der Waals surface area contributed by atoms with Crippen LogP contribution in [0.1, 0.15) is 31.4 Å². The van der Waals surface area contributed by atoms with Crippen LogP contribution in [0.5, 0.6) is 0 Å².